The molecular formula is C8H14O2. The molecule has 0 aliphatic heterocycles. The van der Waals surface area contributed by atoms with Gasteiger partial charge in [0.05, 0.1) is 12.7 Å². The summed E-state index contributed by atoms with van der Waals surface area (Å²) in [6.45, 7) is 5.76. The van der Waals surface area contributed by atoms with Gasteiger partial charge in [-0.3, -0.25) is 0 Å². The predicted molar refractivity (Wildman–Crippen MR) is 40.8 cm³/mol. The monoisotopic (exact) mass is 142 g/mol. The Morgan fingerprint density at radius 3 is 2.70 bits per heavy atom. The fourth-order valence-corrected chi connectivity index (χ4v) is 0.667. The molecular weight excluding hydrogens is 128 g/mol. The largest absolute Gasteiger partial charge is 0.388 e. The molecule has 0 radical (unpaired) electrons. The number of aliphatic hydroxyl groups excluding tert-OH is 1. The molecule has 0 aromatic heterocycles. The second-order valence-corrected chi connectivity index (χ2v) is 2.06. The first-order valence-corrected chi connectivity index (χ1v) is 3.32. The molecule has 2 nitrogen and oxygen atoms in total. The Morgan fingerprint density at radius 1 is 1.80 bits per heavy atom. The number of ether oxygens (including phenoxy) is 1. The van der Waals surface area contributed by atoms with E-state index in [4.69, 9.17) is 4.74 Å². The lowest BCUT2D eigenvalue weighted by Crippen LogP contribution is -2.11. The lowest BCUT2D eigenvalue weighted by Gasteiger charge is -2.08. The van der Waals surface area contributed by atoms with Crippen LogP contribution in [0.4, 0.5) is 0 Å². The highest BCUT2D eigenvalue weighted by atomic mass is 16.5. The molecule has 58 valence electrons. The molecule has 0 aliphatic carbocycles. The van der Waals surface area contributed by atoms with Crippen molar-refractivity contribution in [2.24, 2.45) is 0 Å². The van der Waals surface area contributed by atoms with Gasteiger partial charge in [0.15, 0.2) is 0 Å². The molecule has 2 heteroatoms. The number of aliphatic hydroxyl groups is 1. The lowest BCUT2D eigenvalue weighted by atomic mass is 10.1. The lowest BCUT2D eigenvalue weighted by molar-refractivity contribution is 0.161. The Balaban J connectivity index is 3.95. The summed E-state index contributed by atoms with van der Waals surface area (Å²) in [7, 11) is 1.58. The molecule has 0 bridgehead atoms. The first-order valence-electron chi connectivity index (χ1n) is 3.32. The normalized spacial score (nSPS) is 12.3. The minimum absolute atomic E-state index is 0.415. The van der Waals surface area contributed by atoms with Crippen LogP contribution in [0.5, 0.6) is 0 Å². The zero-order chi connectivity index (χ0) is 7.98. The second-order valence-electron chi connectivity index (χ2n) is 2.06. The summed E-state index contributed by atoms with van der Waals surface area (Å²) < 4.78 is 4.82. The molecule has 0 saturated carbocycles. The van der Waals surface area contributed by atoms with Crippen LogP contribution < -0.4 is 0 Å². The van der Waals surface area contributed by atoms with Gasteiger partial charge in [-0.15, -0.1) is 5.73 Å². The Hall–Kier alpha value is -0.560. The highest BCUT2D eigenvalue weighted by Crippen LogP contribution is 2.03. The molecule has 0 saturated heterocycles. The van der Waals surface area contributed by atoms with Crippen molar-refractivity contribution in [3.05, 3.63) is 17.9 Å². The van der Waals surface area contributed by atoms with Gasteiger partial charge >= 0.3 is 0 Å². The Labute approximate surface area is 61.8 Å². The predicted octanol–water partition coefficient (Wildman–Crippen LogP) is 1.11. The van der Waals surface area contributed by atoms with Crippen LogP contribution in [0, 0.1) is 0 Å². The summed E-state index contributed by atoms with van der Waals surface area (Å²) in [6.07, 6.45) is 0.235. The van der Waals surface area contributed by atoms with Crippen LogP contribution in [-0.2, 0) is 4.74 Å². The van der Waals surface area contributed by atoms with Gasteiger partial charge in [-0.05, 0) is 6.42 Å². The van der Waals surface area contributed by atoms with E-state index >= 15 is 0 Å². The Morgan fingerprint density at radius 2 is 2.40 bits per heavy atom. The van der Waals surface area contributed by atoms with E-state index < -0.39 is 6.10 Å². The van der Waals surface area contributed by atoms with Gasteiger partial charge in [0, 0.05) is 12.7 Å². The van der Waals surface area contributed by atoms with Gasteiger partial charge in [0.1, 0.15) is 0 Å². The van der Waals surface area contributed by atoms with Crippen LogP contribution in [0.3, 0.4) is 0 Å². The maximum Gasteiger partial charge on any atom is 0.0843 e. The van der Waals surface area contributed by atoms with Gasteiger partial charge in [-0.25, -0.2) is 0 Å². The molecule has 1 N–H and O–H groups in total. The molecule has 0 aromatic rings. The fourth-order valence-electron chi connectivity index (χ4n) is 0.667. The Kier molecular flexibility index (Phi) is 4.95. The summed E-state index contributed by atoms with van der Waals surface area (Å²) in [4.78, 5) is 0. The van der Waals surface area contributed by atoms with Crippen molar-refractivity contribution in [1.29, 1.82) is 0 Å². The van der Waals surface area contributed by atoms with Crippen molar-refractivity contribution in [2.75, 3.05) is 13.7 Å². The van der Waals surface area contributed by atoms with Gasteiger partial charge in [-0.1, -0.05) is 13.5 Å². The van der Waals surface area contributed by atoms with E-state index in [9.17, 15) is 5.11 Å². The smallest absolute Gasteiger partial charge is 0.0843 e. The number of hydrogen-bond donors (Lipinski definition) is 1. The van der Waals surface area contributed by atoms with Crippen LogP contribution >= 0.6 is 0 Å². The average Bonchev–Trinajstić information content (AvgIpc) is 1.99. The van der Waals surface area contributed by atoms with Crippen LogP contribution in [-0.4, -0.2) is 24.9 Å². The summed E-state index contributed by atoms with van der Waals surface area (Å²) in [5, 5.41) is 9.23. The Bertz CT molecular complexity index is 134. The van der Waals surface area contributed by atoms with E-state index in [2.05, 4.69) is 12.3 Å². The SMILES string of the molecule is C=C=C(COC)C(O)CC. The van der Waals surface area contributed by atoms with E-state index in [0.717, 1.165) is 5.57 Å². The van der Waals surface area contributed by atoms with Crippen LogP contribution in [0.1, 0.15) is 13.3 Å². The standard InChI is InChI=1S/C8H14O2/c1-4-7(6-10-3)8(9)5-2/h8-9H,1,5-6H2,2-3H3. The zero-order valence-corrected chi connectivity index (χ0v) is 6.55. The molecule has 0 aliphatic rings. The zero-order valence-electron chi connectivity index (χ0n) is 6.55. The second kappa shape index (κ2) is 5.24. The first-order chi connectivity index (χ1) is 4.76. The van der Waals surface area contributed by atoms with Gasteiger partial charge in [-0.2, -0.15) is 0 Å². The van der Waals surface area contributed by atoms with Gasteiger partial charge in [0.2, 0.25) is 0 Å². The topological polar surface area (TPSA) is 29.5 Å². The number of hydrogen-bond acceptors (Lipinski definition) is 2. The van der Waals surface area contributed by atoms with E-state index in [1.807, 2.05) is 6.92 Å². The first kappa shape index (κ1) is 9.44. The fraction of sp³-hybridized carbons (Fsp3) is 0.625. The van der Waals surface area contributed by atoms with Crippen molar-refractivity contribution >= 4 is 0 Å². The van der Waals surface area contributed by atoms with E-state index in [0.29, 0.717) is 13.0 Å². The molecule has 0 spiro atoms. The highest BCUT2D eigenvalue weighted by Gasteiger charge is 2.05. The minimum atomic E-state index is -0.447. The maximum absolute atomic E-state index is 9.23. The summed E-state index contributed by atoms with van der Waals surface area (Å²) in [5.74, 6) is 0. The average molecular weight is 142 g/mol. The molecule has 0 heterocycles. The summed E-state index contributed by atoms with van der Waals surface area (Å²) in [5.41, 5.74) is 3.37. The van der Waals surface area contributed by atoms with Crippen molar-refractivity contribution in [1.82, 2.24) is 0 Å². The summed E-state index contributed by atoms with van der Waals surface area (Å²) >= 11 is 0. The van der Waals surface area contributed by atoms with E-state index in [1.54, 1.807) is 7.11 Å². The number of rotatable bonds is 4. The molecule has 1 atom stereocenters. The van der Waals surface area contributed by atoms with Crippen LogP contribution in [0.15, 0.2) is 17.9 Å². The van der Waals surface area contributed by atoms with Crippen molar-refractivity contribution < 1.29 is 9.84 Å². The van der Waals surface area contributed by atoms with Crippen molar-refractivity contribution in [3.8, 4) is 0 Å². The number of methoxy groups -OCH3 is 1. The molecule has 1 unspecified atom stereocenters. The van der Waals surface area contributed by atoms with Crippen molar-refractivity contribution in [2.45, 2.75) is 19.4 Å². The molecule has 0 amide bonds. The third-order valence-corrected chi connectivity index (χ3v) is 1.32. The third kappa shape index (κ3) is 2.83. The molecule has 0 rings (SSSR count). The minimum Gasteiger partial charge on any atom is -0.388 e. The molecule has 10 heavy (non-hydrogen) atoms. The molecule has 0 aromatic carbocycles. The molecule has 0 fully saturated rings. The summed E-state index contributed by atoms with van der Waals surface area (Å²) in [6, 6.07) is 0. The van der Waals surface area contributed by atoms with E-state index in [1.165, 1.54) is 0 Å². The van der Waals surface area contributed by atoms with Crippen LogP contribution in [0.2, 0.25) is 0 Å². The van der Waals surface area contributed by atoms with Gasteiger partial charge in [0.25, 0.3) is 0 Å². The van der Waals surface area contributed by atoms with Crippen molar-refractivity contribution in [3.63, 3.8) is 0 Å². The van der Waals surface area contributed by atoms with Gasteiger partial charge < -0.3 is 9.84 Å². The quantitative estimate of drug-likeness (QED) is 0.596. The third-order valence-electron chi connectivity index (χ3n) is 1.32. The highest BCUT2D eigenvalue weighted by molar-refractivity contribution is 5.05. The van der Waals surface area contributed by atoms with E-state index in [-0.39, 0.29) is 0 Å². The maximum atomic E-state index is 9.23. The van der Waals surface area contributed by atoms with Crippen LogP contribution in [0.25, 0.3) is 0 Å².